The van der Waals surface area contributed by atoms with Crippen molar-refractivity contribution in [1.82, 2.24) is 15.5 Å². The molecule has 0 saturated heterocycles. The van der Waals surface area contributed by atoms with Crippen LogP contribution in [-0.2, 0) is 9.53 Å². The number of amides is 1. The molecule has 0 radical (unpaired) electrons. The molecule has 0 fully saturated rings. The highest BCUT2D eigenvalue weighted by Crippen LogP contribution is 2.21. The fraction of sp³-hybridized carbons (Fsp3) is 0.118. The van der Waals surface area contributed by atoms with Crippen LogP contribution >= 0.6 is 0 Å². The number of fused-ring (bicyclic) bond motifs is 1. The first kappa shape index (κ1) is 16.6. The van der Waals surface area contributed by atoms with Crippen LogP contribution in [0.4, 0.5) is 8.78 Å². The summed E-state index contributed by atoms with van der Waals surface area (Å²) in [6, 6.07) is 8.17. The number of carbonyl (C=O) groups excluding carboxylic acids is 2. The SMILES string of the molecule is COC(=O)C(NC(=O)c1n[nH]c2ccccc12)c1ccc(F)cc1F. The van der Waals surface area contributed by atoms with Gasteiger partial charge >= 0.3 is 5.97 Å². The number of aromatic nitrogens is 2. The Morgan fingerprint density at radius 2 is 1.96 bits per heavy atom. The van der Waals surface area contributed by atoms with Gasteiger partial charge in [0, 0.05) is 17.0 Å². The first-order valence-electron chi connectivity index (χ1n) is 7.28. The fourth-order valence-electron chi connectivity index (χ4n) is 2.45. The molecule has 1 unspecified atom stereocenters. The van der Waals surface area contributed by atoms with Gasteiger partial charge in [-0.15, -0.1) is 0 Å². The molecule has 0 saturated carbocycles. The highest BCUT2D eigenvalue weighted by Gasteiger charge is 2.28. The van der Waals surface area contributed by atoms with Crippen molar-refractivity contribution in [2.45, 2.75) is 6.04 Å². The second-order valence-corrected chi connectivity index (χ2v) is 5.21. The van der Waals surface area contributed by atoms with Crippen LogP contribution in [0.25, 0.3) is 10.9 Å². The van der Waals surface area contributed by atoms with Gasteiger partial charge in [0.1, 0.15) is 11.6 Å². The summed E-state index contributed by atoms with van der Waals surface area (Å²) in [6.07, 6.45) is 0. The molecular weight excluding hydrogens is 332 g/mol. The van der Waals surface area contributed by atoms with Crippen molar-refractivity contribution >= 4 is 22.8 Å². The number of benzene rings is 2. The number of para-hydroxylation sites is 1. The third-order valence-electron chi connectivity index (χ3n) is 3.67. The fourth-order valence-corrected chi connectivity index (χ4v) is 2.45. The Balaban J connectivity index is 1.95. The molecule has 3 rings (SSSR count). The molecule has 128 valence electrons. The van der Waals surface area contributed by atoms with Crippen LogP contribution in [0.2, 0.25) is 0 Å². The van der Waals surface area contributed by atoms with Gasteiger partial charge in [0.25, 0.3) is 5.91 Å². The van der Waals surface area contributed by atoms with E-state index in [1.54, 1.807) is 24.3 Å². The molecule has 1 atom stereocenters. The summed E-state index contributed by atoms with van der Waals surface area (Å²) >= 11 is 0. The van der Waals surface area contributed by atoms with Gasteiger partial charge in [-0.2, -0.15) is 5.10 Å². The monoisotopic (exact) mass is 345 g/mol. The van der Waals surface area contributed by atoms with Crippen molar-refractivity contribution in [3.63, 3.8) is 0 Å². The van der Waals surface area contributed by atoms with E-state index in [1.807, 2.05) is 0 Å². The minimum atomic E-state index is -1.44. The summed E-state index contributed by atoms with van der Waals surface area (Å²) in [4.78, 5) is 24.5. The van der Waals surface area contributed by atoms with Gasteiger partial charge in [0.05, 0.1) is 12.6 Å². The van der Waals surface area contributed by atoms with Gasteiger partial charge < -0.3 is 10.1 Å². The summed E-state index contributed by atoms with van der Waals surface area (Å²) < 4.78 is 31.7. The van der Waals surface area contributed by atoms with E-state index in [0.717, 1.165) is 19.2 Å². The minimum Gasteiger partial charge on any atom is -0.467 e. The van der Waals surface area contributed by atoms with E-state index in [2.05, 4.69) is 20.3 Å². The van der Waals surface area contributed by atoms with Gasteiger partial charge in [-0.1, -0.05) is 24.3 Å². The average molecular weight is 345 g/mol. The Labute approximate surface area is 140 Å². The van der Waals surface area contributed by atoms with E-state index in [1.165, 1.54) is 0 Å². The second kappa shape index (κ2) is 6.68. The predicted molar refractivity (Wildman–Crippen MR) is 84.7 cm³/mol. The summed E-state index contributed by atoms with van der Waals surface area (Å²) in [5.74, 6) is -3.35. The lowest BCUT2D eigenvalue weighted by Crippen LogP contribution is -2.35. The number of esters is 1. The normalized spacial score (nSPS) is 12.0. The highest BCUT2D eigenvalue weighted by molar-refractivity contribution is 6.05. The Morgan fingerprint density at radius 1 is 1.20 bits per heavy atom. The number of carbonyl (C=O) groups is 2. The Hall–Kier alpha value is -3.29. The van der Waals surface area contributed by atoms with E-state index in [4.69, 9.17) is 0 Å². The Kier molecular flexibility index (Phi) is 4.42. The number of nitrogens with zero attached hydrogens (tertiary/aromatic N) is 1. The van der Waals surface area contributed by atoms with Gasteiger partial charge in [0.15, 0.2) is 11.7 Å². The third kappa shape index (κ3) is 3.18. The smallest absolute Gasteiger partial charge is 0.333 e. The number of ether oxygens (including phenoxy) is 1. The quantitative estimate of drug-likeness (QED) is 0.712. The molecule has 1 aromatic heterocycles. The van der Waals surface area contributed by atoms with Crippen molar-refractivity contribution in [1.29, 1.82) is 0 Å². The minimum absolute atomic E-state index is 0.0482. The van der Waals surface area contributed by atoms with Crippen molar-refractivity contribution in [3.05, 3.63) is 65.4 Å². The van der Waals surface area contributed by atoms with Crippen LogP contribution in [0.1, 0.15) is 22.1 Å². The predicted octanol–water partition coefficient (Wildman–Crippen LogP) is 2.49. The van der Waals surface area contributed by atoms with E-state index >= 15 is 0 Å². The molecule has 2 aromatic carbocycles. The molecule has 0 aliphatic heterocycles. The molecular formula is C17H13F2N3O3. The Morgan fingerprint density at radius 3 is 2.68 bits per heavy atom. The average Bonchev–Trinajstić information content (AvgIpc) is 3.03. The zero-order chi connectivity index (χ0) is 18.0. The highest BCUT2D eigenvalue weighted by atomic mass is 19.1. The molecule has 6 nitrogen and oxygen atoms in total. The number of hydrogen-bond acceptors (Lipinski definition) is 4. The maximum absolute atomic E-state index is 14.0. The zero-order valence-electron chi connectivity index (χ0n) is 13.0. The number of methoxy groups -OCH3 is 1. The molecule has 8 heteroatoms. The van der Waals surface area contributed by atoms with E-state index in [9.17, 15) is 18.4 Å². The summed E-state index contributed by atoms with van der Waals surface area (Å²) in [7, 11) is 1.10. The molecule has 25 heavy (non-hydrogen) atoms. The lowest BCUT2D eigenvalue weighted by Gasteiger charge is -2.17. The molecule has 0 bridgehead atoms. The zero-order valence-corrected chi connectivity index (χ0v) is 13.0. The molecule has 1 amide bonds. The number of hydrogen-bond donors (Lipinski definition) is 2. The van der Waals surface area contributed by atoms with Crippen LogP contribution in [0.15, 0.2) is 42.5 Å². The summed E-state index contributed by atoms with van der Waals surface area (Å²) in [5.41, 5.74) is 0.476. The van der Waals surface area contributed by atoms with Gasteiger partial charge in [0.2, 0.25) is 0 Å². The van der Waals surface area contributed by atoms with E-state index in [-0.39, 0.29) is 11.3 Å². The van der Waals surface area contributed by atoms with Crippen molar-refractivity contribution in [2.24, 2.45) is 0 Å². The van der Waals surface area contributed by atoms with E-state index in [0.29, 0.717) is 17.0 Å². The lowest BCUT2D eigenvalue weighted by atomic mass is 10.1. The van der Waals surface area contributed by atoms with Gasteiger partial charge in [-0.3, -0.25) is 9.89 Å². The van der Waals surface area contributed by atoms with E-state index < -0.39 is 29.6 Å². The Bertz CT molecular complexity index is 955. The van der Waals surface area contributed by atoms with Crippen LogP contribution in [0, 0.1) is 11.6 Å². The number of nitrogens with one attached hydrogen (secondary N) is 2. The van der Waals surface area contributed by atoms with Crippen LogP contribution in [-0.4, -0.2) is 29.2 Å². The summed E-state index contributed by atoms with van der Waals surface area (Å²) in [6.45, 7) is 0. The maximum Gasteiger partial charge on any atom is 0.333 e. The number of halogens is 2. The van der Waals surface area contributed by atoms with Crippen LogP contribution in [0.3, 0.4) is 0 Å². The molecule has 2 N–H and O–H groups in total. The number of rotatable bonds is 4. The number of H-pyrrole nitrogens is 1. The molecule has 0 spiro atoms. The van der Waals surface area contributed by atoms with Gasteiger partial charge in [-0.05, 0) is 12.1 Å². The third-order valence-corrected chi connectivity index (χ3v) is 3.67. The van der Waals surface area contributed by atoms with Crippen LogP contribution < -0.4 is 5.32 Å². The number of aromatic amines is 1. The van der Waals surface area contributed by atoms with Crippen molar-refractivity contribution in [2.75, 3.05) is 7.11 Å². The maximum atomic E-state index is 14.0. The molecule has 0 aliphatic rings. The second-order valence-electron chi connectivity index (χ2n) is 5.21. The van der Waals surface area contributed by atoms with Crippen molar-refractivity contribution in [3.8, 4) is 0 Å². The first-order valence-corrected chi connectivity index (χ1v) is 7.28. The molecule has 3 aromatic rings. The standard InChI is InChI=1S/C17H13F2N3O3/c1-25-17(24)15(10-7-6-9(18)8-12(10)19)20-16(23)14-11-4-2-3-5-13(11)21-22-14/h2-8,15H,1H3,(H,20,23)(H,21,22). The lowest BCUT2D eigenvalue weighted by molar-refractivity contribution is -0.143. The van der Waals surface area contributed by atoms with Crippen LogP contribution in [0.5, 0.6) is 0 Å². The van der Waals surface area contributed by atoms with Crippen molar-refractivity contribution < 1.29 is 23.1 Å². The largest absolute Gasteiger partial charge is 0.467 e. The topological polar surface area (TPSA) is 84.1 Å². The molecule has 0 aliphatic carbocycles. The molecule has 1 heterocycles. The summed E-state index contributed by atoms with van der Waals surface area (Å²) in [5, 5.41) is 9.54. The first-order chi connectivity index (χ1) is 12.0. The van der Waals surface area contributed by atoms with Gasteiger partial charge in [-0.25, -0.2) is 13.6 Å².